The predicted octanol–water partition coefficient (Wildman–Crippen LogP) is 3.64. The molecule has 0 bridgehead atoms. The van der Waals surface area contributed by atoms with E-state index < -0.39 is 0 Å². The molecule has 0 atom stereocenters. The number of nitrogens with one attached hydrogen (secondary N) is 1. The van der Waals surface area contributed by atoms with Gasteiger partial charge in [0.1, 0.15) is 6.33 Å². The molecule has 0 unspecified atom stereocenters. The van der Waals surface area contributed by atoms with Gasteiger partial charge in [-0.05, 0) is 42.2 Å². The van der Waals surface area contributed by atoms with Gasteiger partial charge in [-0.3, -0.25) is 9.20 Å². The van der Waals surface area contributed by atoms with Crippen molar-refractivity contribution >= 4 is 17.2 Å². The van der Waals surface area contributed by atoms with Crippen LogP contribution in [0.4, 0.5) is 5.69 Å². The van der Waals surface area contributed by atoms with Crippen molar-refractivity contribution in [3.8, 4) is 5.69 Å². The van der Waals surface area contributed by atoms with Gasteiger partial charge in [0.05, 0.1) is 17.1 Å². The molecule has 1 aromatic carbocycles. The molecule has 0 fully saturated rings. The third-order valence-corrected chi connectivity index (χ3v) is 4.80. The summed E-state index contributed by atoms with van der Waals surface area (Å²) < 4.78 is 3.52. The highest BCUT2D eigenvalue weighted by atomic mass is 16.2. The minimum atomic E-state index is -0.285. The topological polar surface area (TPSA) is 90.0 Å². The number of pyridine rings is 1. The van der Waals surface area contributed by atoms with Gasteiger partial charge in [-0.25, -0.2) is 4.68 Å². The van der Waals surface area contributed by atoms with Crippen LogP contribution in [0, 0.1) is 0 Å². The van der Waals surface area contributed by atoms with E-state index in [-0.39, 0.29) is 5.91 Å². The van der Waals surface area contributed by atoms with Crippen molar-refractivity contribution in [3.05, 3.63) is 65.9 Å². The van der Waals surface area contributed by atoms with E-state index in [2.05, 4.69) is 58.7 Å². The lowest BCUT2D eigenvalue weighted by Gasteiger charge is -2.11. The number of carbonyl (C=O) groups excluding carboxylic acids is 1. The van der Waals surface area contributed by atoms with Gasteiger partial charge in [0.15, 0.2) is 11.3 Å². The molecule has 4 rings (SSSR count). The molecule has 0 aliphatic carbocycles. The maximum Gasteiger partial charge on any atom is 0.278 e. The Kier molecular flexibility index (Phi) is 5.07. The maximum atomic E-state index is 12.9. The van der Waals surface area contributed by atoms with E-state index in [0.717, 1.165) is 17.8 Å². The number of aromatic nitrogens is 6. The third-order valence-electron chi connectivity index (χ3n) is 4.80. The molecule has 8 heteroatoms. The summed E-state index contributed by atoms with van der Waals surface area (Å²) >= 11 is 0. The summed E-state index contributed by atoms with van der Waals surface area (Å²) in [5.41, 5.74) is 4.62. The first-order valence-corrected chi connectivity index (χ1v) is 9.72. The summed E-state index contributed by atoms with van der Waals surface area (Å²) in [4.78, 5) is 12.9. The minimum Gasteiger partial charge on any atom is -0.319 e. The minimum absolute atomic E-state index is 0.285. The third kappa shape index (κ3) is 3.73. The molecular formula is C21H23N7O. The number of hydrogen-bond acceptors (Lipinski definition) is 5. The Morgan fingerprint density at radius 2 is 2.03 bits per heavy atom. The van der Waals surface area contributed by atoms with Crippen molar-refractivity contribution in [1.29, 1.82) is 0 Å². The molecule has 0 saturated heterocycles. The van der Waals surface area contributed by atoms with E-state index in [0.29, 0.717) is 29.4 Å². The van der Waals surface area contributed by atoms with Crippen molar-refractivity contribution in [2.24, 2.45) is 0 Å². The monoisotopic (exact) mass is 389 g/mol. The average molecular weight is 389 g/mol. The lowest BCUT2D eigenvalue weighted by atomic mass is 10.0. The second-order valence-corrected chi connectivity index (χ2v) is 7.26. The lowest BCUT2D eigenvalue weighted by molar-refractivity contribution is 0.102. The van der Waals surface area contributed by atoms with Crippen LogP contribution in [0.3, 0.4) is 0 Å². The summed E-state index contributed by atoms with van der Waals surface area (Å²) in [6.45, 7) is 6.38. The Morgan fingerprint density at radius 1 is 1.17 bits per heavy atom. The molecule has 1 amide bonds. The quantitative estimate of drug-likeness (QED) is 0.544. The van der Waals surface area contributed by atoms with Gasteiger partial charge >= 0.3 is 0 Å². The average Bonchev–Trinajstić information content (AvgIpc) is 3.35. The summed E-state index contributed by atoms with van der Waals surface area (Å²) in [6.07, 6.45) is 4.94. The Bertz CT molecular complexity index is 1160. The number of fused-ring (bicyclic) bond motifs is 1. The number of hydrogen-bond donors (Lipinski definition) is 1. The highest BCUT2D eigenvalue weighted by Gasteiger charge is 2.20. The van der Waals surface area contributed by atoms with Gasteiger partial charge in [-0.1, -0.05) is 44.5 Å². The molecule has 0 aliphatic heterocycles. The second-order valence-electron chi connectivity index (χ2n) is 7.26. The Labute approximate surface area is 168 Å². The molecule has 148 valence electrons. The van der Waals surface area contributed by atoms with E-state index >= 15 is 0 Å². The van der Waals surface area contributed by atoms with Crippen LogP contribution in [0.2, 0.25) is 0 Å². The number of rotatable bonds is 6. The standard InChI is InChI=1S/C21H23N7O/c1-4-6-18-20(21(29)23-16-9-10-19-24-22-13-27(19)12-16)25-26-28(18)17-8-5-7-15(11-17)14(2)3/h5,7-14H,4,6H2,1-3H3,(H,23,29). The zero-order chi connectivity index (χ0) is 20.4. The number of anilines is 1. The highest BCUT2D eigenvalue weighted by molar-refractivity contribution is 6.03. The number of carbonyl (C=O) groups is 1. The summed E-state index contributed by atoms with van der Waals surface area (Å²) in [5, 5.41) is 19.2. The normalized spacial score (nSPS) is 11.3. The second kappa shape index (κ2) is 7.83. The van der Waals surface area contributed by atoms with Crippen LogP contribution >= 0.6 is 0 Å². The largest absolute Gasteiger partial charge is 0.319 e. The van der Waals surface area contributed by atoms with Crippen LogP contribution < -0.4 is 5.32 Å². The van der Waals surface area contributed by atoms with Crippen molar-refractivity contribution in [2.45, 2.75) is 39.5 Å². The molecule has 3 aromatic heterocycles. The lowest BCUT2D eigenvalue weighted by Crippen LogP contribution is -2.16. The molecule has 4 aromatic rings. The molecular weight excluding hydrogens is 366 g/mol. The van der Waals surface area contributed by atoms with E-state index in [1.165, 1.54) is 5.56 Å². The Balaban J connectivity index is 1.66. The van der Waals surface area contributed by atoms with Crippen LogP contribution in [-0.4, -0.2) is 35.5 Å². The smallest absolute Gasteiger partial charge is 0.278 e. The van der Waals surface area contributed by atoms with Crippen molar-refractivity contribution in [2.75, 3.05) is 5.32 Å². The fourth-order valence-electron chi connectivity index (χ4n) is 3.25. The number of benzene rings is 1. The van der Waals surface area contributed by atoms with E-state index in [9.17, 15) is 4.79 Å². The first-order chi connectivity index (χ1) is 14.1. The fourth-order valence-corrected chi connectivity index (χ4v) is 3.25. The molecule has 3 heterocycles. The zero-order valence-electron chi connectivity index (χ0n) is 16.7. The molecule has 1 N–H and O–H groups in total. The van der Waals surface area contributed by atoms with Crippen molar-refractivity contribution < 1.29 is 4.79 Å². The fraction of sp³-hybridized carbons (Fsp3) is 0.286. The van der Waals surface area contributed by atoms with E-state index in [4.69, 9.17) is 0 Å². The summed E-state index contributed by atoms with van der Waals surface area (Å²) in [6, 6.07) is 11.8. The van der Waals surface area contributed by atoms with Crippen LogP contribution in [-0.2, 0) is 6.42 Å². The van der Waals surface area contributed by atoms with Gasteiger partial charge in [-0.2, -0.15) is 0 Å². The van der Waals surface area contributed by atoms with Gasteiger partial charge in [0.2, 0.25) is 0 Å². The van der Waals surface area contributed by atoms with Gasteiger partial charge in [-0.15, -0.1) is 15.3 Å². The molecule has 29 heavy (non-hydrogen) atoms. The number of amides is 1. The first-order valence-electron chi connectivity index (χ1n) is 9.72. The van der Waals surface area contributed by atoms with Gasteiger partial charge in [0, 0.05) is 6.20 Å². The van der Waals surface area contributed by atoms with Crippen LogP contribution in [0.1, 0.15) is 54.9 Å². The first kappa shape index (κ1) is 18.8. The van der Waals surface area contributed by atoms with Crippen LogP contribution in [0.15, 0.2) is 48.9 Å². The maximum absolute atomic E-state index is 12.9. The van der Waals surface area contributed by atoms with Gasteiger partial charge in [0.25, 0.3) is 5.91 Å². The Hall–Kier alpha value is -3.55. The van der Waals surface area contributed by atoms with Crippen LogP contribution in [0.25, 0.3) is 11.3 Å². The van der Waals surface area contributed by atoms with Gasteiger partial charge < -0.3 is 5.32 Å². The molecule has 0 radical (unpaired) electrons. The molecule has 0 aliphatic rings. The zero-order valence-corrected chi connectivity index (χ0v) is 16.7. The molecule has 0 spiro atoms. The highest BCUT2D eigenvalue weighted by Crippen LogP contribution is 2.21. The van der Waals surface area contributed by atoms with Crippen molar-refractivity contribution in [3.63, 3.8) is 0 Å². The molecule has 0 saturated carbocycles. The predicted molar refractivity (Wildman–Crippen MR) is 110 cm³/mol. The molecule has 8 nitrogen and oxygen atoms in total. The SMILES string of the molecule is CCCc1c(C(=O)Nc2ccc3nncn3c2)nnn1-c1cccc(C(C)C)c1. The van der Waals surface area contributed by atoms with Crippen LogP contribution in [0.5, 0.6) is 0 Å². The summed E-state index contributed by atoms with van der Waals surface area (Å²) in [5.74, 6) is 0.121. The number of nitrogens with zero attached hydrogens (tertiary/aromatic N) is 6. The Morgan fingerprint density at radius 3 is 2.83 bits per heavy atom. The summed E-state index contributed by atoms with van der Waals surface area (Å²) in [7, 11) is 0. The van der Waals surface area contributed by atoms with E-state index in [1.54, 1.807) is 33.7 Å². The van der Waals surface area contributed by atoms with Crippen molar-refractivity contribution in [1.82, 2.24) is 29.6 Å². The van der Waals surface area contributed by atoms with E-state index in [1.807, 2.05) is 12.1 Å².